The van der Waals surface area contributed by atoms with Gasteiger partial charge < -0.3 is 0 Å². The van der Waals surface area contributed by atoms with E-state index in [0.29, 0.717) is 5.92 Å². The van der Waals surface area contributed by atoms with Crippen LogP contribution in [0.2, 0.25) is 0 Å². The molecule has 2 heteroatoms. The van der Waals surface area contributed by atoms with Crippen LogP contribution in [0.3, 0.4) is 0 Å². The molecule has 0 aromatic rings. The predicted molar refractivity (Wildman–Crippen MR) is 34.8 cm³/mol. The molecule has 0 amide bonds. The number of carbonyl (C=O) groups excluding carboxylic acids is 1. The van der Waals surface area contributed by atoms with Crippen LogP contribution in [0.1, 0.15) is 13.8 Å². The second-order valence-electron chi connectivity index (χ2n) is 1.91. The molecular weight excluding hydrogens is 124 g/mol. The smallest absolute Gasteiger partial charge is 0.244 e. The topological polar surface area (TPSA) is 17.1 Å². The summed E-state index contributed by atoms with van der Waals surface area (Å²) in [7, 11) is 0. The van der Waals surface area contributed by atoms with Gasteiger partial charge in [-0.1, -0.05) is 19.9 Å². The zero-order valence-corrected chi connectivity index (χ0v) is 5.77. The van der Waals surface area contributed by atoms with E-state index in [-0.39, 0.29) is 0 Å². The van der Waals surface area contributed by atoms with Crippen molar-refractivity contribution in [3.8, 4) is 0 Å². The standard InChI is InChI=1S/C6H9ClO/c1-5(2)3-4-6(7)8/h3-5H,1-2H3. The molecule has 0 fully saturated rings. The van der Waals surface area contributed by atoms with Crippen LogP contribution in [-0.4, -0.2) is 5.24 Å². The van der Waals surface area contributed by atoms with E-state index < -0.39 is 5.24 Å². The fourth-order valence-electron chi connectivity index (χ4n) is 0.268. The minimum atomic E-state index is -0.404. The minimum absolute atomic E-state index is 0.401. The number of hydrogen-bond donors (Lipinski definition) is 0. The van der Waals surface area contributed by atoms with Gasteiger partial charge in [0.1, 0.15) is 0 Å². The Kier molecular flexibility index (Phi) is 3.53. The largest absolute Gasteiger partial charge is 0.276 e. The molecular formula is C6H9ClO. The first kappa shape index (κ1) is 7.70. The summed E-state index contributed by atoms with van der Waals surface area (Å²) < 4.78 is 0. The third kappa shape index (κ3) is 5.70. The van der Waals surface area contributed by atoms with E-state index >= 15 is 0 Å². The van der Waals surface area contributed by atoms with E-state index in [1.165, 1.54) is 6.08 Å². The summed E-state index contributed by atoms with van der Waals surface area (Å²) in [5.41, 5.74) is 0. The van der Waals surface area contributed by atoms with Gasteiger partial charge in [0.2, 0.25) is 5.24 Å². The van der Waals surface area contributed by atoms with Crippen LogP contribution in [0, 0.1) is 5.92 Å². The van der Waals surface area contributed by atoms with Crippen LogP contribution in [0.4, 0.5) is 0 Å². The number of hydrogen-bond acceptors (Lipinski definition) is 1. The molecule has 0 radical (unpaired) electrons. The van der Waals surface area contributed by atoms with Crippen LogP contribution in [-0.2, 0) is 4.79 Å². The Hall–Kier alpha value is -0.300. The van der Waals surface area contributed by atoms with Gasteiger partial charge in [-0.2, -0.15) is 0 Å². The van der Waals surface area contributed by atoms with Gasteiger partial charge in [0, 0.05) is 0 Å². The van der Waals surface area contributed by atoms with Gasteiger partial charge in [0.15, 0.2) is 0 Å². The molecule has 0 atom stereocenters. The maximum atomic E-state index is 10.0. The lowest BCUT2D eigenvalue weighted by atomic mass is 10.2. The first-order valence-corrected chi connectivity index (χ1v) is 2.88. The number of allylic oxidation sites excluding steroid dienone is 2. The molecule has 0 saturated carbocycles. The number of rotatable bonds is 2. The van der Waals surface area contributed by atoms with Crippen molar-refractivity contribution < 1.29 is 4.79 Å². The quantitative estimate of drug-likeness (QED) is 0.415. The highest BCUT2D eigenvalue weighted by Crippen LogP contribution is 1.94. The van der Waals surface area contributed by atoms with Crippen molar-refractivity contribution in [2.75, 3.05) is 0 Å². The van der Waals surface area contributed by atoms with Crippen molar-refractivity contribution in [1.29, 1.82) is 0 Å². The second-order valence-corrected chi connectivity index (χ2v) is 2.28. The van der Waals surface area contributed by atoms with E-state index in [2.05, 4.69) is 0 Å². The fourth-order valence-corrected chi connectivity index (χ4v) is 0.341. The molecule has 0 unspecified atom stereocenters. The summed E-state index contributed by atoms with van der Waals surface area (Å²) in [5.74, 6) is 0.401. The van der Waals surface area contributed by atoms with Gasteiger partial charge in [-0.15, -0.1) is 0 Å². The molecule has 0 aromatic heterocycles. The van der Waals surface area contributed by atoms with Crippen LogP contribution in [0.25, 0.3) is 0 Å². The summed E-state index contributed by atoms with van der Waals surface area (Å²) in [6.45, 7) is 3.96. The number of halogens is 1. The van der Waals surface area contributed by atoms with E-state index in [1.54, 1.807) is 6.08 Å². The monoisotopic (exact) mass is 132 g/mol. The van der Waals surface area contributed by atoms with Gasteiger partial charge in [0.25, 0.3) is 0 Å². The summed E-state index contributed by atoms with van der Waals surface area (Å²) >= 11 is 5.00. The Labute approximate surface area is 54.3 Å². The molecule has 46 valence electrons. The van der Waals surface area contributed by atoms with E-state index in [4.69, 9.17) is 11.6 Å². The average Bonchev–Trinajstić information content (AvgIpc) is 1.61. The summed E-state index contributed by atoms with van der Waals surface area (Å²) in [4.78, 5) is 10.0. The predicted octanol–water partition coefficient (Wildman–Crippen LogP) is 1.96. The molecule has 8 heavy (non-hydrogen) atoms. The van der Waals surface area contributed by atoms with Crippen LogP contribution in [0.5, 0.6) is 0 Å². The van der Waals surface area contributed by atoms with Crippen molar-refractivity contribution in [2.45, 2.75) is 13.8 Å². The summed E-state index contributed by atoms with van der Waals surface area (Å²) in [5, 5.41) is -0.404. The maximum absolute atomic E-state index is 10.0. The normalized spacial score (nSPS) is 11.0. The lowest BCUT2D eigenvalue weighted by molar-refractivity contribution is -0.107. The molecule has 0 saturated heterocycles. The second kappa shape index (κ2) is 3.67. The van der Waals surface area contributed by atoms with E-state index in [1.807, 2.05) is 13.8 Å². The van der Waals surface area contributed by atoms with E-state index in [0.717, 1.165) is 0 Å². The van der Waals surface area contributed by atoms with Crippen LogP contribution >= 0.6 is 11.6 Å². The highest BCUT2D eigenvalue weighted by molar-refractivity contribution is 6.66. The maximum Gasteiger partial charge on any atom is 0.244 e. The van der Waals surface area contributed by atoms with Crippen molar-refractivity contribution in [3.05, 3.63) is 12.2 Å². The zero-order chi connectivity index (χ0) is 6.57. The van der Waals surface area contributed by atoms with Gasteiger partial charge >= 0.3 is 0 Å². The first-order chi connectivity index (χ1) is 3.63. The van der Waals surface area contributed by atoms with Crippen molar-refractivity contribution in [1.82, 2.24) is 0 Å². The van der Waals surface area contributed by atoms with Crippen molar-refractivity contribution in [3.63, 3.8) is 0 Å². The lowest BCUT2D eigenvalue weighted by Crippen LogP contribution is -1.80. The summed E-state index contributed by atoms with van der Waals surface area (Å²) in [6.07, 6.45) is 3.13. The molecule has 0 aliphatic carbocycles. The van der Waals surface area contributed by atoms with Gasteiger partial charge in [-0.05, 0) is 23.6 Å². The van der Waals surface area contributed by atoms with Crippen molar-refractivity contribution >= 4 is 16.8 Å². The zero-order valence-electron chi connectivity index (χ0n) is 5.02. The minimum Gasteiger partial charge on any atom is -0.276 e. The molecule has 0 aliphatic rings. The van der Waals surface area contributed by atoms with Crippen molar-refractivity contribution in [2.24, 2.45) is 5.92 Å². The summed E-state index contributed by atoms with van der Waals surface area (Å²) in [6, 6.07) is 0. The Morgan fingerprint density at radius 3 is 2.25 bits per heavy atom. The molecule has 0 bridgehead atoms. The highest BCUT2D eigenvalue weighted by Gasteiger charge is 1.86. The average molecular weight is 133 g/mol. The Morgan fingerprint density at radius 1 is 1.62 bits per heavy atom. The van der Waals surface area contributed by atoms with Gasteiger partial charge in [0.05, 0.1) is 0 Å². The number of carbonyl (C=O) groups is 1. The molecule has 1 nitrogen and oxygen atoms in total. The van der Waals surface area contributed by atoms with Crippen LogP contribution < -0.4 is 0 Å². The Balaban J connectivity index is 3.50. The van der Waals surface area contributed by atoms with E-state index in [9.17, 15) is 4.79 Å². The SMILES string of the molecule is CC(C)C=CC(=O)Cl. The first-order valence-electron chi connectivity index (χ1n) is 2.50. The molecule has 0 aromatic carbocycles. The molecule has 0 aliphatic heterocycles. The third-order valence-corrected chi connectivity index (χ3v) is 0.738. The highest BCUT2D eigenvalue weighted by atomic mass is 35.5. The molecule has 0 spiro atoms. The Morgan fingerprint density at radius 2 is 2.12 bits per heavy atom. The van der Waals surface area contributed by atoms with Gasteiger partial charge in [-0.3, -0.25) is 4.79 Å². The molecule has 0 rings (SSSR count). The molecule has 0 N–H and O–H groups in total. The van der Waals surface area contributed by atoms with Crippen LogP contribution in [0.15, 0.2) is 12.2 Å². The third-order valence-electron chi connectivity index (χ3n) is 0.612. The fraction of sp³-hybridized carbons (Fsp3) is 0.500. The van der Waals surface area contributed by atoms with Gasteiger partial charge in [-0.25, -0.2) is 0 Å². The molecule has 0 heterocycles. The lowest BCUT2D eigenvalue weighted by Gasteiger charge is -1.88. The Bertz CT molecular complexity index is 105.